The Hall–Kier alpha value is -0.770. The molecular weight excluding hydrogens is 270 g/mol. The minimum Gasteiger partial charge on any atom is -0.373 e. The molecule has 4 heteroatoms. The molecule has 1 saturated heterocycles. The summed E-state index contributed by atoms with van der Waals surface area (Å²) in [4.78, 5) is 4.94. The van der Waals surface area contributed by atoms with E-state index < -0.39 is 0 Å². The number of anilines is 1. The van der Waals surface area contributed by atoms with Gasteiger partial charge in [0, 0.05) is 36.9 Å². The molecule has 1 aromatic carbocycles. The zero-order chi connectivity index (χ0) is 14.5. The van der Waals surface area contributed by atoms with Crippen LogP contribution >= 0.6 is 11.6 Å². The van der Waals surface area contributed by atoms with Crippen LogP contribution in [0.5, 0.6) is 0 Å². The SMILES string of the molecule is CCN1CCCC1CN(C)c1cc(Cl)ccc1CNC. The molecule has 1 aliphatic heterocycles. The normalized spacial score (nSPS) is 19.5. The van der Waals surface area contributed by atoms with Gasteiger partial charge in [0.15, 0.2) is 0 Å². The van der Waals surface area contributed by atoms with E-state index in [-0.39, 0.29) is 0 Å². The number of halogens is 1. The minimum atomic E-state index is 0.673. The summed E-state index contributed by atoms with van der Waals surface area (Å²) in [5.41, 5.74) is 2.55. The van der Waals surface area contributed by atoms with Crippen molar-refractivity contribution in [2.75, 3.05) is 38.6 Å². The zero-order valence-electron chi connectivity index (χ0n) is 12.8. The van der Waals surface area contributed by atoms with Gasteiger partial charge in [0.2, 0.25) is 0 Å². The molecule has 0 saturated carbocycles. The fraction of sp³-hybridized carbons (Fsp3) is 0.625. The Morgan fingerprint density at radius 2 is 2.25 bits per heavy atom. The van der Waals surface area contributed by atoms with E-state index in [1.807, 2.05) is 13.1 Å². The lowest BCUT2D eigenvalue weighted by atomic mass is 10.1. The summed E-state index contributed by atoms with van der Waals surface area (Å²) in [5.74, 6) is 0. The van der Waals surface area contributed by atoms with Crippen molar-refractivity contribution < 1.29 is 0 Å². The molecule has 0 amide bonds. The van der Waals surface area contributed by atoms with Crippen molar-refractivity contribution in [1.29, 1.82) is 0 Å². The van der Waals surface area contributed by atoms with Crippen molar-refractivity contribution in [1.82, 2.24) is 10.2 Å². The van der Waals surface area contributed by atoms with Gasteiger partial charge >= 0.3 is 0 Å². The van der Waals surface area contributed by atoms with Crippen LogP contribution in [-0.4, -0.2) is 44.7 Å². The largest absolute Gasteiger partial charge is 0.373 e. The number of hydrogen-bond acceptors (Lipinski definition) is 3. The summed E-state index contributed by atoms with van der Waals surface area (Å²) < 4.78 is 0. The zero-order valence-corrected chi connectivity index (χ0v) is 13.6. The Morgan fingerprint density at radius 3 is 2.95 bits per heavy atom. The molecule has 0 radical (unpaired) electrons. The van der Waals surface area contributed by atoms with Crippen LogP contribution in [0.4, 0.5) is 5.69 Å². The highest BCUT2D eigenvalue weighted by atomic mass is 35.5. The molecule has 1 aliphatic rings. The van der Waals surface area contributed by atoms with E-state index in [1.54, 1.807) is 0 Å². The Bertz CT molecular complexity index is 436. The van der Waals surface area contributed by atoms with Crippen LogP contribution in [0.15, 0.2) is 18.2 Å². The number of nitrogens with one attached hydrogen (secondary N) is 1. The molecule has 1 unspecified atom stereocenters. The van der Waals surface area contributed by atoms with Crippen LogP contribution in [0, 0.1) is 0 Å². The summed E-state index contributed by atoms with van der Waals surface area (Å²) in [6.07, 6.45) is 2.63. The fourth-order valence-corrected chi connectivity index (χ4v) is 3.33. The molecule has 0 aromatic heterocycles. The molecule has 1 aromatic rings. The van der Waals surface area contributed by atoms with Crippen molar-refractivity contribution >= 4 is 17.3 Å². The van der Waals surface area contributed by atoms with Gasteiger partial charge < -0.3 is 10.2 Å². The van der Waals surface area contributed by atoms with Crippen LogP contribution in [0.1, 0.15) is 25.3 Å². The molecule has 20 heavy (non-hydrogen) atoms. The lowest BCUT2D eigenvalue weighted by molar-refractivity contribution is 0.270. The van der Waals surface area contributed by atoms with Gasteiger partial charge in [0.1, 0.15) is 0 Å². The molecule has 0 aliphatic carbocycles. The quantitative estimate of drug-likeness (QED) is 0.870. The van der Waals surface area contributed by atoms with Gasteiger partial charge in [-0.15, -0.1) is 0 Å². The fourth-order valence-electron chi connectivity index (χ4n) is 3.16. The standard InChI is InChI=1S/C16H26ClN3/c1-4-20-9-5-6-15(20)12-19(3)16-10-14(17)8-7-13(16)11-18-2/h7-8,10,15,18H,4-6,9,11-12H2,1-3H3. The van der Waals surface area contributed by atoms with Crippen molar-refractivity contribution in [3.8, 4) is 0 Å². The number of likely N-dealkylation sites (tertiary alicyclic amines) is 1. The number of rotatable bonds is 6. The number of hydrogen-bond donors (Lipinski definition) is 1. The summed E-state index contributed by atoms with van der Waals surface area (Å²) in [5, 5.41) is 4.04. The molecule has 0 spiro atoms. The topological polar surface area (TPSA) is 18.5 Å². The molecule has 0 bridgehead atoms. The third-order valence-corrected chi connectivity index (χ3v) is 4.45. The van der Waals surface area contributed by atoms with Gasteiger partial charge in [-0.05, 0) is 50.7 Å². The highest BCUT2D eigenvalue weighted by molar-refractivity contribution is 6.30. The summed E-state index contributed by atoms with van der Waals surface area (Å²) in [6, 6.07) is 6.85. The molecule has 1 heterocycles. The van der Waals surface area contributed by atoms with E-state index in [1.165, 1.54) is 30.6 Å². The Morgan fingerprint density at radius 1 is 1.45 bits per heavy atom. The Labute approximate surface area is 127 Å². The maximum atomic E-state index is 6.18. The van der Waals surface area contributed by atoms with Crippen LogP contribution in [0.3, 0.4) is 0 Å². The number of benzene rings is 1. The maximum Gasteiger partial charge on any atom is 0.0426 e. The number of likely N-dealkylation sites (N-methyl/N-ethyl adjacent to an activating group) is 2. The first-order valence-electron chi connectivity index (χ1n) is 7.54. The first-order valence-corrected chi connectivity index (χ1v) is 7.91. The second-order valence-corrected chi connectivity index (χ2v) is 6.04. The molecule has 1 N–H and O–H groups in total. The highest BCUT2D eigenvalue weighted by Gasteiger charge is 2.24. The average Bonchev–Trinajstić information content (AvgIpc) is 2.88. The molecule has 1 atom stereocenters. The van der Waals surface area contributed by atoms with Gasteiger partial charge in [0.05, 0.1) is 0 Å². The maximum absolute atomic E-state index is 6.18. The lowest BCUT2D eigenvalue weighted by Gasteiger charge is -2.30. The van der Waals surface area contributed by atoms with Crippen LogP contribution in [0.2, 0.25) is 5.02 Å². The van der Waals surface area contributed by atoms with Crippen LogP contribution in [0.25, 0.3) is 0 Å². The average molecular weight is 296 g/mol. The monoisotopic (exact) mass is 295 g/mol. The molecular formula is C16H26ClN3. The second kappa shape index (κ2) is 7.30. The first-order chi connectivity index (χ1) is 9.65. The van der Waals surface area contributed by atoms with Gasteiger partial charge in [-0.2, -0.15) is 0 Å². The highest BCUT2D eigenvalue weighted by Crippen LogP contribution is 2.26. The summed E-state index contributed by atoms with van der Waals surface area (Å²) in [6.45, 7) is 6.60. The predicted octanol–water partition coefficient (Wildman–Crippen LogP) is 2.98. The molecule has 1 fully saturated rings. The molecule has 112 valence electrons. The summed E-state index contributed by atoms with van der Waals surface area (Å²) in [7, 11) is 4.16. The van der Waals surface area contributed by atoms with Crippen molar-refractivity contribution in [2.24, 2.45) is 0 Å². The van der Waals surface area contributed by atoms with E-state index in [4.69, 9.17) is 11.6 Å². The summed E-state index contributed by atoms with van der Waals surface area (Å²) >= 11 is 6.18. The first kappa shape index (κ1) is 15.6. The van der Waals surface area contributed by atoms with E-state index >= 15 is 0 Å². The second-order valence-electron chi connectivity index (χ2n) is 5.61. The third-order valence-electron chi connectivity index (χ3n) is 4.22. The van der Waals surface area contributed by atoms with Crippen LogP contribution in [-0.2, 0) is 6.54 Å². The Kier molecular flexibility index (Phi) is 5.70. The van der Waals surface area contributed by atoms with Gasteiger partial charge in [-0.3, -0.25) is 4.90 Å². The van der Waals surface area contributed by atoms with Gasteiger partial charge in [-0.25, -0.2) is 0 Å². The molecule has 3 nitrogen and oxygen atoms in total. The molecule has 2 rings (SSSR count). The van der Waals surface area contributed by atoms with E-state index in [0.717, 1.165) is 24.7 Å². The predicted molar refractivity (Wildman–Crippen MR) is 87.8 cm³/mol. The Balaban J connectivity index is 2.11. The minimum absolute atomic E-state index is 0.673. The third kappa shape index (κ3) is 3.66. The van der Waals surface area contributed by atoms with Crippen molar-refractivity contribution in [3.05, 3.63) is 28.8 Å². The van der Waals surface area contributed by atoms with Crippen molar-refractivity contribution in [3.63, 3.8) is 0 Å². The lowest BCUT2D eigenvalue weighted by Crippen LogP contribution is -2.39. The van der Waals surface area contributed by atoms with Crippen LogP contribution < -0.4 is 10.2 Å². The van der Waals surface area contributed by atoms with E-state index in [9.17, 15) is 0 Å². The smallest absolute Gasteiger partial charge is 0.0426 e. The van der Waals surface area contributed by atoms with Gasteiger partial charge in [-0.1, -0.05) is 24.6 Å². The number of nitrogens with zero attached hydrogens (tertiary/aromatic N) is 2. The van der Waals surface area contributed by atoms with E-state index in [2.05, 4.69) is 41.2 Å². The van der Waals surface area contributed by atoms with Crippen molar-refractivity contribution in [2.45, 2.75) is 32.4 Å². The van der Waals surface area contributed by atoms with Gasteiger partial charge in [0.25, 0.3) is 0 Å². The van der Waals surface area contributed by atoms with E-state index in [0.29, 0.717) is 6.04 Å².